The fourth-order valence-corrected chi connectivity index (χ4v) is 0.826. The lowest BCUT2D eigenvalue weighted by Crippen LogP contribution is -1.88. The standard InChI is InChI=1S/C6H8ClN/c7-5-6-3-1-2-4-8-6/h3-4H,1-2,5H2. The van der Waals surface area contributed by atoms with Crippen LogP contribution in [0.1, 0.15) is 12.8 Å². The number of hydrogen-bond acceptors (Lipinski definition) is 1. The number of allylic oxidation sites excluding steroid dienone is 2. The van der Waals surface area contributed by atoms with E-state index in [1.54, 1.807) is 0 Å². The molecule has 0 unspecified atom stereocenters. The number of halogens is 1. The minimum atomic E-state index is 0.552. The Hall–Kier alpha value is -0.300. The molecule has 1 aliphatic heterocycles. The smallest absolute Gasteiger partial charge is 0.0643 e. The summed E-state index contributed by atoms with van der Waals surface area (Å²) in [5, 5.41) is 0. The van der Waals surface area contributed by atoms with Gasteiger partial charge in [-0.2, -0.15) is 0 Å². The van der Waals surface area contributed by atoms with Crippen LogP contribution in [0.4, 0.5) is 0 Å². The summed E-state index contributed by atoms with van der Waals surface area (Å²) in [5.41, 5.74) is 1.01. The van der Waals surface area contributed by atoms with Crippen LogP contribution in [0.5, 0.6) is 0 Å². The van der Waals surface area contributed by atoms with Crippen LogP contribution in [0.25, 0.3) is 0 Å². The van der Waals surface area contributed by atoms with E-state index >= 15 is 0 Å². The maximum absolute atomic E-state index is 5.50. The summed E-state index contributed by atoms with van der Waals surface area (Å²) in [4.78, 5) is 4.05. The molecule has 0 aromatic heterocycles. The Kier molecular flexibility index (Phi) is 2.10. The van der Waals surface area contributed by atoms with E-state index in [-0.39, 0.29) is 0 Å². The monoisotopic (exact) mass is 129 g/mol. The van der Waals surface area contributed by atoms with E-state index in [1.165, 1.54) is 0 Å². The van der Waals surface area contributed by atoms with E-state index in [1.807, 2.05) is 6.21 Å². The maximum Gasteiger partial charge on any atom is 0.0643 e. The molecule has 0 N–H and O–H groups in total. The molecule has 2 heteroatoms. The van der Waals surface area contributed by atoms with Crippen LogP contribution in [0.3, 0.4) is 0 Å². The van der Waals surface area contributed by atoms with Crippen LogP contribution in [-0.4, -0.2) is 12.1 Å². The molecule has 0 aliphatic carbocycles. The van der Waals surface area contributed by atoms with Crippen molar-refractivity contribution < 1.29 is 0 Å². The zero-order chi connectivity index (χ0) is 5.82. The zero-order valence-corrected chi connectivity index (χ0v) is 5.36. The quantitative estimate of drug-likeness (QED) is 0.480. The van der Waals surface area contributed by atoms with Gasteiger partial charge in [0.15, 0.2) is 0 Å². The van der Waals surface area contributed by atoms with Crippen molar-refractivity contribution in [2.24, 2.45) is 4.99 Å². The molecular formula is C6H8ClN. The van der Waals surface area contributed by atoms with Crippen molar-refractivity contribution in [3.05, 3.63) is 11.8 Å². The molecule has 1 heterocycles. The molecule has 0 saturated heterocycles. The Morgan fingerprint density at radius 3 is 2.88 bits per heavy atom. The van der Waals surface area contributed by atoms with Crippen LogP contribution in [0.15, 0.2) is 16.8 Å². The Labute approximate surface area is 54.1 Å². The first kappa shape index (κ1) is 5.83. The highest BCUT2D eigenvalue weighted by Crippen LogP contribution is 2.06. The third-order valence-corrected chi connectivity index (χ3v) is 1.34. The molecule has 1 rings (SSSR count). The second kappa shape index (κ2) is 2.88. The van der Waals surface area contributed by atoms with Crippen molar-refractivity contribution in [1.82, 2.24) is 0 Å². The third kappa shape index (κ3) is 1.34. The lowest BCUT2D eigenvalue weighted by Gasteiger charge is -1.99. The lowest BCUT2D eigenvalue weighted by atomic mass is 10.2. The predicted octanol–water partition coefficient (Wildman–Crippen LogP) is 1.97. The molecule has 0 aromatic rings. The molecule has 0 atom stereocenters. The van der Waals surface area contributed by atoms with Gasteiger partial charge in [-0.25, -0.2) is 0 Å². The predicted molar refractivity (Wildman–Crippen MR) is 36.5 cm³/mol. The van der Waals surface area contributed by atoms with Gasteiger partial charge in [-0.3, -0.25) is 4.99 Å². The topological polar surface area (TPSA) is 12.4 Å². The normalized spacial score (nSPS) is 18.4. The zero-order valence-electron chi connectivity index (χ0n) is 4.60. The second-order valence-corrected chi connectivity index (χ2v) is 1.99. The average molecular weight is 130 g/mol. The van der Waals surface area contributed by atoms with Crippen LogP contribution >= 0.6 is 11.6 Å². The number of aliphatic imine (C=N–C) groups is 1. The van der Waals surface area contributed by atoms with E-state index in [0.717, 1.165) is 18.5 Å². The van der Waals surface area contributed by atoms with E-state index in [9.17, 15) is 0 Å². The first-order chi connectivity index (χ1) is 3.93. The molecule has 0 aromatic carbocycles. The van der Waals surface area contributed by atoms with Crippen LogP contribution in [0.2, 0.25) is 0 Å². The highest BCUT2D eigenvalue weighted by molar-refractivity contribution is 6.19. The van der Waals surface area contributed by atoms with Gasteiger partial charge in [0.25, 0.3) is 0 Å². The molecule has 0 fully saturated rings. The van der Waals surface area contributed by atoms with Gasteiger partial charge in [-0.15, -0.1) is 11.6 Å². The van der Waals surface area contributed by atoms with Gasteiger partial charge in [0, 0.05) is 6.21 Å². The van der Waals surface area contributed by atoms with Crippen molar-refractivity contribution in [2.45, 2.75) is 12.8 Å². The number of hydrogen-bond donors (Lipinski definition) is 0. The van der Waals surface area contributed by atoms with Crippen molar-refractivity contribution in [2.75, 3.05) is 5.88 Å². The molecule has 0 radical (unpaired) electrons. The van der Waals surface area contributed by atoms with E-state index < -0.39 is 0 Å². The number of nitrogens with zero attached hydrogens (tertiary/aromatic N) is 1. The van der Waals surface area contributed by atoms with Crippen molar-refractivity contribution in [3.63, 3.8) is 0 Å². The van der Waals surface area contributed by atoms with E-state index in [0.29, 0.717) is 5.88 Å². The van der Waals surface area contributed by atoms with Gasteiger partial charge in [-0.1, -0.05) is 6.08 Å². The molecule has 1 aliphatic rings. The Balaban J connectivity index is 2.51. The molecule has 0 amide bonds. The van der Waals surface area contributed by atoms with Gasteiger partial charge >= 0.3 is 0 Å². The fourth-order valence-electron chi connectivity index (χ4n) is 0.648. The molecule has 1 nitrogen and oxygen atoms in total. The van der Waals surface area contributed by atoms with Gasteiger partial charge in [0.1, 0.15) is 0 Å². The first-order valence-corrected chi connectivity index (χ1v) is 3.24. The first-order valence-electron chi connectivity index (χ1n) is 2.71. The number of alkyl halides is 1. The minimum Gasteiger partial charge on any atom is -0.265 e. The molecule has 0 bridgehead atoms. The third-order valence-electron chi connectivity index (χ3n) is 1.07. The van der Waals surface area contributed by atoms with Crippen molar-refractivity contribution in [1.29, 1.82) is 0 Å². The summed E-state index contributed by atoms with van der Waals surface area (Å²) in [6, 6.07) is 0. The molecule has 8 heavy (non-hydrogen) atoms. The summed E-state index contributed by atoms with van der Waals surface area (Å²) >= 11 is 5.50. The van der Waals surface area contributed by atoms with Gasteiger partial charge in [0.2, 0.25) is 0 Å². The maximum atomic E-state index is 5.50. The highest BCUT2D eigenvalue weighted by Gasteiger charge is 1.93. The molecule has 44 valence electrons. The summed E-state index contributed by atoms with van der Waals surface area (Å²) in [7, 11) is 0. The number of rotatable bonds is 1. The van der Waals surface area contributed by atoms with Crippen molar-refractivity contribution >= 4 is 17.8 Å². The molecule has 0 saturated carbocycles. The van der Waals surface area contributed by atoms with Crippen molar-refractivity contribution in [3.8, 4) is 0 Å². The summed E-state index contributed by atoms with van der Waals surface area (Å²) in [6.45, 7) is 0. The fraction of sp³-hybridized carbons (Fsp3) is 0.500. The Morgan fingerprint density at radius 1 is 1.62 bits per heavy atom. The van der Waals surface area contributed by atoms with Gasteiger partial charge in [-0.05, 0) is 12.8 Å². The lowest BCUT2D eigenvalue weighted by molar-refractivity contribution is 1.04. The Morgan fingerprint density at radius 2 is 2.50 bits per heavy atom. The SMILES string of the molecule is ClCC1=CCCC=N1. The van der Waals surface area contributed by atoms with E-state index in [4.69, 9.17) is 11.6 Å². The molecule has 0 spiro atoms. The van der Waals surface area contributed by atoms with Crippen LogP contribution < -0.4 is 0 Å². The van der Waals surface area contributed by atoms with Crippen LogP contribution in [-0.2, 0) is 0 Å². The Bertz CT molecular complexity index is 126. The second-order valence-electron chi connectivity index (χ2n) is 1.72. The summed E-state index contributed by atoms with van der Waals surface area (Å²) in [5.74, 6) is 0.552. The average Bonchev–Trinajstić information content (AvgIpc) is 1.90. The highest BCUT2D eigenvalue weighted by atomic mass is 35.5. The largest absolute Gasteiger partial charge is 0.265 e. The van der Waals surface area contributed by atoms with Gasteiger partial charge in [0.05, 0.1) is 11.6 Å². The van der Waals surface area contributed by atoms with Gasteiger partial charge < -0.3 is 0 Å². The van der Waals surface area contributed by atoms with E-state index in [2.05, 4.69) is 11.1 Å². The minimum absolute atomic E-state index is 0.552. The summed E-state index contributed by atoms with van der Waals surface area (Å²) in [6.07, 6.45) is 6.16. The molecular weight excluding hydrogens is 122 g/mol. The summed E-state index contributed by atoms with van der Waals surface area (Å²) < 4.78 is 0. The van der Waals surface area contributed by atoms with Crippen LogP contribution in [0, 0.1) is 0 Å².